The van der Waals surface area contributed by atoms with Gasteiger partial charge in [-0.05, 0) is 19.4 Å². The molecule has 0 bridgehead atoms. The molecular weight excluding hydrogens is 238 g/mol. The Labute approximate surface area is 113 Å². The van der Waals surface area contributed by atoms with E-state index in [1.807, 2.05) is 55.9 Å². The lowest BCUT2D eigenvalue weighted by atomic mass is 10.1. The minimum absolute atomic E-state index is 0.0306. The van der Waals surface area contributed by atoms with Gasteiger partial charge in [0, 0.05) is 24.8 Å². The maximum Gasteiger partial charge on any atom is 0.224 e. The smallest absolute Gasteiger partial charge is 0.224 e. The van der Waals surface area contributed by atoms with E-state index in [2.05, 4.69) is 10.4 Å². The van der Waals surface area contributed by atoms with Crippen molar-refractivity contribution in [3.63, 3.8) is 0 Å². The SMILES string of the molecule is Cc1nn(C)c(C)c1CC(=O)NCc1ccccc1. The van der Waals surface area contributed by atoms with Crippen molar-refractivity contribution in [2.24, 2.45) is 7.05 Å². The summed E-state index contributed by atoms with van der Waals surface area (Å²) in [6.07, 6.45) is 0.387. The van der Waals surface area contributed by atoms with Gasteiger partial charge in [-0.25, -0.2) is 0 Å². The highest BCUT2D eigenvalue weighted by atomic mass is 16.1. The predicted molar refractivity (Wildman–Crippen MR) is 74.7 cm³/mol. The number of amides is 1. The molecule has 1 aromatic carbocycles. The molecule has 0 saturated heterocycles. The summed E-state index contributed by atoms with van der Waals surface area (Å²) < 4.78 is 1.81. The van der Waals surface area contributed by atoms with Crippen LogP contribution >= 0.6 is 0 Å². The molecule has 0 fully saturated rings. The van der Waals surface area contributed by atoms with Crippen LogP contribution in [0.15, 0.2) is 30.3 Å². The van der Waals surface area contributed by atoms with Gasteiger partial charge in [0.15, 0.2) is 0 Å². The van der Waals surface area contributed by atoms with Crippen molar-refractivity contribution in [1.29, 1.82) is 0 Å². The number of benzene rings is 1. The van der Waals surface area contributed by atoms with E-state index in [-0.39, 0.29) is 5.91 Å². The van der Waals surface area contributed by atoms with Gasteiger partial charge >= 0.3 is 0 Å². The van der Waals surface area contributed by atoms with Crippen LogP contribution in [-0.2, 0) is 24.8 Å². The highest BCUT2D eigenvalue weighted by Gasteiger charge is 2.13. The van der Waals surface area contributed by atoms with Crippen molar-refractivity contribution in [3.05, 3.63) is 52.8 Å². The second-order valence-corrected chi connectivity index (χ2v) is 4.71. The molecule has 100 valence electrons. The van der Waals surface area contributed by atoms with Crippen molar-refractivity contribution < 1.29 is 4.79 Å². The number of hydrogen-bond donors (Lipinski definition) is 1. The van der Waals surface area contributed by atoms with Crippen LogP contribution in [0.5, 0.6) is 0 Å². The van der Waals surface area contributed by atoms with Crippen LogP contribution in [0.3, 0.4) is 0 Å². The van der Waals surface area contributed by atoms with E-state index >= 15 is 0 Å². The summed E-state index contributed by atoms with van der Waals surface area (Å²) in [7, 11) is 1.90. The summed E-state index contributed by atoms with van der Waals surface area (Å²) in [6.45, 7) is 4.49. The second-order valence-electron chi connectivity index (χ2n) is 4.71. The number of aromatic nitrogens is 2. The molecule has 1 aromatic heterocycles. The topological polar surface area (TPSA) is 46.9 Å². The molecule has 1 amide bonds. The highest BCUT2D eigenvalue weighted by Crippen LogP contribution is 2.12. The van der Waals surface area contributed by atoms with E-state index in [1.54, 1.807) is 0 Å². The summed E-state index contributed by atoms with van der Waals surface area (Å²) in [5, 5.41) is 7.25. The van der Waals surface area contributed by atoms with E-state index in [0.717, 1.165) is 22.5 Å². The molecule has 0 atom stereocenters. The Morgan fingerprint density at radius 3 is 2.53 bits per heavy atom. The standard InChI is InChI=1S/C15H19N3O/c1-11-14(12(2)18(3)17-11)9-15(19)16-10-13-7-5-4-6-8-13/h4-8H,9-10H2,1-3H3,(H,16,19). The van der Waals surface area contributed by atoms with Gasteiger partial charge in [-0.1, -0.05) is 30.3 Å². The predicted octanol–water partition coefficient (Wildman–Crippen LogP) is 1.90. The van der Waals surface area contributed by atoms with Gasteiger partial charge in [-0.3, -0.25) is 9.48 Å². The lowest BCUT2D eigenvalue weighted by molar-refractivity contribution is -0.120. The Morgan fingerprint density at radius 1 is 1.26 bits per heavy atom. The fraction of sp³-hybridized carbons (Fsp3) is 0.333. The normalized spacial score (nSPS) is 10.5. The largest absolute Gasteiger partial charge is 0.352 e. The number of nitrogens with one attached hydrogen (secondary N) is 1. The molecule has 0 aliphatic rings. The van der Waals surface area contributed by atoms with Crippen molar-refractivity contribution >= 4 is 5.91 Å². The molecule has 2 aromatic rings. The molecule has 1 heterocycles. The average molecular weight is 257 g/mol. The monoisotopic (exact) mass is 257 g/mol. The zero-order valence-corrected chi connectivity index (χ0v) is 11.6. The number of rotatable bonds is 4. The molecule has 2 rings (SSSR count). The lowest BCUT2D eigenvalue weighted by Gasteiger charge is -2.06. The number of hydrogen-bond acceptors (Lipinski definition) is 2. The Hall–Kier alpha value is -2.10. The van der Waals surface area contributed by atoms with Gasteiger partial charge in [0.25, 0.3) is 0 Å². The Morgan fingerprint density at radius 2 is 1.95 bits per heavy atom. The summed E-state index contributed by atoms with van der Waals surface area (Å²) in [4.78, 5) is 12.0. The molecule has 4 heteroatoms. The number of nitrogens with zero attached hydrogens (tertiary/aromatic N) is 2. The van der Waals surface area contributed by atoms with Crippen molar-refractivity contribution in [1.82, 2.24) is 15.1 Å². The van der Waals surface area contributed by atoms with Crippen LogP contribution in [0.2, 0.25) is 0 Å². The van der Waals surface area contributed by atoms with E-state index in [1.165, 1.54) is 0 Å². The molecule has 19 heavy (non-hydrogen) atoms. The van der Waals surface area contributed by atoms with Crippen LogP contribution in [-0.4, -0.2) is 15.7 Å². The fourth-order valence-corrected chi connectivity index (χ4v) is 2.09. The first-order valence-electron chi connectivity index (χ1n) is 6.37. The highest BCUT2D eigenvalue weighted by molar-refractivity contribution is 5.79. The summed E-state index contributed by atoms with van der Waals surface area (Å²) >= 11 is 0. The van der Waals surface area contributed by atoms with Gasteiger partial charge in [0.1, 0.15) is 0 Å². The molecule has 0 aliphatic carbocycles. The Balaban J connectivity index is 1.95. The molecule has 0 radical (unpaired) electrons. The molecule has 0 unspecified atom stereocenters. The van der Waals surface area contributed by atoms with Gasteiger partial charge < -0.3 is 5.32 Å². The van der Waals surface area contributed by atoms with E-state index in [0.29, 0.717) is 13.0 Å². The molecule has 0 aliphatic heterocycles. The van der Waals surface area contributed by atoms with Crippen LogP contribution in [0.4, 0.5) is 0 Å². The van der Waals surface area contributed by atoms with Crippen LogP contribution in [0, 0.1) is 13.8 Å². The van der Waals surface area contributed by atoms with E-state index < -0.39 is 0 Å². The molecule has 0 saturated carbocycles. The van der Waals surface area contributed by atoms with Crippen molar-refractivity contribution in [2.45, 2.75) is 26.8 Å². The summed E-state index contributed by atoms with van der Waals surface area (Å²) in [5.74, 6) is 0.0306. The summed E-state index contributed by atoms with van der Waals surface area (Å²) in [5.41, 5.74) is 4.10. The van der Waals surface area contributed by atoms with E-state index in [4.69, 9.17) is 0 Å². The van der Waals surface area contributed by atoms with Crippen LogP contribution in [0.25, 0.3) is 0 Å². The minimum Gasteiger partial charge on any atom is -0.352 e. The third-order valence-corrected chi connectivity index (χ3v) is 3.33. The maximum absolute atomic E-state index is 12.0. The molecule has 1 N–H and O–H groups in total. The van der Waals surface area contributed by atoms with Crippen molar-refractivity contribution in [3.8, 4) is 0 Å². The van der Waals surface area contributed by atoms with Crippen LogP contribution < -0.4 is 5.32 Å². The minimum atomic E-state index is 0.0306. The first-order chi connectivity index (χ1) is 9.08. The van der Waals surface area contributed by atoms with Gasteiger partial charge in [0.2, 0.25) is 5.91 Å². The lowest BCUT2D eigenvalue weighted by Crippen LogP contribution is -2.25. The second kappa shape index (κ2) is 5.69. The first-order valence-corrected chi connectivity index (χ1v) is 6.37. The van der Waals surface area contributed by atoms with E-state index in [9.17, 15) is 4.79 Å². The molecule has 0 spiro atoms. The van der Waals surface area contributed by atoms with Crippen molar-refractivity contribution in [2.75, 3.05) is 0 Å². The first kappa shape index (κ1) is 13.3. The summed E-state index contributed by atoms with van der Waals surface area (Å²) in [6, 6.07) is 9.91. The molecular formula is C15H19N3O. The quantitative estimate of drug-likeness (QED) is 0.909. The van der Waals surface area contributed by atoms with Gasteiger partial charge in [0.05, 0.1) is 12.1 Å². The van der Waals surface area contributed by atoms with Gasteiger partial charge in [-0.2, -0.15) is 5.10 Å². The number of carbonyl (C=O) groups excluding carboxylic acids is 1. The average Bonchev–Trinajstić information content (AvgIpc) is 2.64. The maximum atomic E-state index is 12.0. The zero-order valence-electron chi connectivity index (χ0n) is 11.6. The molecule has 4 nitrogen and oxygen atoms in total. The number of carbonyl (C=O) groups is 1. The number of aryl methyl sites for hydroxylation is 2. The third-order valence-electron chi connectivity index (χ3n) is 3.33. The third kappa shape index (κ3) is 3.22. The van der Waals surface area contributed by atoms with Gasteiger partial charge in [-0.15, -0.1) is 0 Å². The fourth-order valence-electron chi connectivity index (χ4n) is 2.09. The Kier molecular flexibility index (Phi) is 4.00. The Bertz CT molecular complexity index is 573. The zero-order chi connectivity index (χ0) is 13.8. The van der Waals surface area contributed by atoms with Crippen LogP contribution in [0.1, 0.15) is 22.5 Å².